The fourth-order valence-corrected chi connectivity index (χ4v) is 1.95. The number of nitrogens with one attached hydrogen (secondary N) is 1. The van der Waals surface area contributed by atoms with E-state index in [1.807, 2.05) is 6.92 Å². The summed E-state index contributed by atoms with van der Waals surface area (Å²) < 4.78 is 5.17. The van der Waals surface area contributed by atoms with Gasteiger partial charge in [0.15, 0.2) is 0 Å². The van der Waals surface area contributed by atoms with Crippen LogP contribution in [0.3, 0.4) is 0 Å². The Bertz CT molecular complexity index is 436. The molecule has 1 aromatic carbocycles. The summed E-state index contributed by atoms with van der Waals surface area (Å²) in [7, 11) is 0. The van der Waals surface area contributed by atoms with Gasteiger partial charge in [-0.25, -0.2) is 4.79 Å². The first-order chi connectivity index (χ1) is 9.10. The molecule has 0 aliphatic heterocycles. The molecule has 4 nitrogen and oxygen atoms in total. The van der Waals surface area contributed by atoms with Gasteiger partial charge in [0.1, 0.15) is 12.4 Å². The molecule has 0 bridgehead atoms. The van der Waals surface area contributed by atoms with E-state index in [1.165, 1.54) is 0 Å². The summed E-state index contributed by atoms with van der Waals surface area (Å²) >= 11 is 6.05. The maximum absolute atomic E-state index is 11.5. The molecule has 0 fully saturated rings. The zero-order valence-corrected chi connectivity index (χ0v) is 11.8. The summed E-state index contributed by atoms with van der Waals surface area (Å²) in [6.07, 6.45) is 0.479. The number of aldehydes is 1. The van der Waals surface area contributed by atoms with Crippen molar-refractivity contribution in [2.45, 2.75) is 32.3 Å². The number of ether oxygens (including phenoxy) is 1. The quantitative estimate of drug-likeness (QED) is 0.816. The van der Waals surface area contributed by atoms with Gasteiger partial charge in [-0.15, -0.1) is 0 Å². The fraction of sp³-hybridized carbons (Fsp3) is 0.429. The predicted molar refractivity (Wildman–Crippen MR) is 74.5 cm³/mol. The van der Waals surface area contributed by atoms with Crippen molar-refractivity contribution in [1.29, 1.82) is 0 Å². The second-order valence-corrected chi connectivity index (χ2v) is 4.63. The molecule has 1 rings (SSSR count). The van der Waals surface area contributed by atoms with E-state index >= 15 is 0 Å². The van der Waals surface area contributed by atoms with Crippen molar-refractivity contribution in [3.63, 3.8) is 0 Å². The van der Waals surface area contributed by atoms with Crippen LogP contribution in [0, 0.1) is 0 Å². The van der Waals surface area contributed by atoms with Crippen LogP contribution >= 0.6 is 11.6 Å². The number of halogens is 1. The van der Waals surface area contributed by atoms with Crippen molar-refractivity contribution in [2.24, 2.45) is 0 Å². The van der Waals surface area contributed by atoms with Crippen molar-refractivity contribution in [3.05, 3.63) is 34.9 Å². The van der Waals surface area contributed by atoms with Gasteiger partial charge < -0.3 is 14.8 Å². The molecule has 0 saturated carbocycles. The topological polar surface area (TPSA) is 55.4 Å². The van der Waals surface area contributed by atoms with E-state index in [4.69, 9.17) is 16.3 Å². The normalized spacial score (nSPS) is 13.4. The molecule has 19 heavy (non-hydrogen) atoms. The van der Waals surface area contributed by atoms with E-state index in [2.05, 4.69) is 5.32 Å². The average molecular weight is 284 g/mol. The van der Waals surface area contributed by atoms with Gasteiger partial charge in [0.2, 0.25) is 0 Å². The minimum absolute atomic E-state index is 0.490. The highest BCUT2D eigenvalue weighted by atomic mass is 35.5. The standard InChI is InChI=1S/C14H18ClNO3/c1-3-8-16-14(18)19-10(2)12(9-17)11-6-4-5-7-13(11)15/h4-7,9-10,12H,3,8H2,1-2H3,(H,16,18)/t10-,12?/m1/s1. The van der Waals surface area contributed by atoms with Crippen molar-refractivity contribution in [2.75, 3.05) is 6.54 Å². The third kappa shape index (κ3) is 4.56. The zero-order chi connectivity index (χ0) is 14.3. The Morgan fingerprint density at radius 2 is 2.16 bits per heavy atom. The highest BCUT2D eigenvalue weighted by Gasteiger charge is 2.24. The maximum Gasteiger partial charge on any atom is 0.407 e. The molecule has 0 aliphatic carbocycles. The molecule has 0 heterocycles. The summed E-state index contributed by atoms with van der Waals surface area (Å²) in [5.41, 5.74) is 0.662. The maximum atomic E-state index is 11.5. The minimum atomic E-state index is -0.575. The van der Waals surface area contributed by atoms with Crippen molar-refractivity contribution in [3.8, 4) is 0 Å². The van der Waals surface area contributed by atoms with Crippen LogP contribution in [0.5, 0.6) is 0 Å². The molecule has 1 unspecified atom stereocenters. The SMILES string of the molecule is CCCNC(=O)O[C@H](C)C(C=O)c1ccccc1Cl. The summed E-state index contributed by atoms with van der Waals surface area (Å²) in [6.45, 7) is 4.17. The smallest absolute Gasteiger partial charge is 0.407 e. The first kappa shape index (κ1) is 15.5. The zero-order valence-electron chi connectivity index (χ0n) is 11.1. The monoisotopic (exact) mass is 283 g/mol. The molecule has 5 heteroatoms. The van der Waals surface area contributed by atoms with Gasteiger partial charge in [0.25, 0.3) is 0 Å². The highest BCUT2D eigenvalue weighted by Crippen LogP contribution is 2.26. The first-order valence-corrected chi connectivity index (χ1v) is 6.62. The number of carbonyl (C=O) groups excluding carboxylic acids is 2. The lowest BCUT2D eigenvalue weighted by Gasteiger charge is -2.20. The van der Waals surface area contributed by atoms with E-state index in [0.717, 1.165) is 12.7 Å². The van der Waals surface area contributed by atoms with Crippen LogP contribution in [0.2, 0.25) is 5.02 Å². The molecule has 0 aromatic heterocycles. The van der Waals surface area contributed by atoms with Crippen LogP contribution in [0.25, 0.3) is 0 Å². The molecule has 1 aromatic rings. The van der Waals surface area contributed by atoms with Crippen LogP contribution in [0.1, 0.15) is 31.7 Å². The van der Waals surface area contributed by atoms with Gasteiger partial charge in [0.05, 0.1) is 5.92 Å². The third-order valence-corrected chi connectivity index (χ3v) is 3.07. The molecular weight excluding hydrogens is 266 g/mol. The Hall–Kier alpha value is -1.55. The largest absolute Gasteiger partial charge is 0.445 e. The predicted octanol–water partition coefficient (Wildman–Crippen LogP) is 3.15. The average Bonchev–Trinajstić information content (AvgIpc) is 2.39. The lowest BCUT2D eigenvalue weighted by Crippen LogP contribution is -2.31. The molecule has 2 atom stereocenters. The van der Waals surface area contributed by atoms with E-state index < -0.39 is 18.1 Å². The van der Waals surface area contributed by atoms with Gasteiger partial charge in [-0.3, -0.25) is 0 Å². The summed E-state index contributed by atoms with van der Waals surface area (Å²) in [4.78, 5) is 22.7. The molecule has 104 valence electrons. The van der Waals surface area contributed by atoms with E-state index in [0.29, 0.717) is 17.1 Å². The Morgan fingerprint density at radius 1 is 1.47 bits per heavy atom. The second-order valence-electron chi connectivity index (χ2n) is 4.22. The molecule has 1 N–H and O–H groups in total. The van der Waals surface area contributed by atoms with Crippen molar-refractivity contribution < 1.29 is 14.3 Å². The molecule has 0 aliphatic rings. The second kappa shape index (κ2) is 7.79. The van der Waals surface area contributed by atoms with Crippen molar-refractivity contribution >= 4 is 24.0 Å². The minimum Gasteiger partial charge on any atom is -0.445 e. The first-order valence-electron chi connectivity index (χ1n) is 6.24. The third-order valence-electron chi connectivity index (χ3n) is 2.73. The van der Waals surface area contributed by atoms with Crippen LogP contribution in [-0.2, 0) is 9.53 Å². The number of rotatable bonds is 6. The molecular formula is C14H18ClNO3. The Morgan fingerprint density at radius 3 is 2.74 bits per heavy atom. The summed E-state index contributed by atoms with van der Waals surface area (Å²) in [5.74, 6) is -0.568. The molecule has 1 amide bonds. The number of carbonyl (C=O) groups is 2. The van der Waals surface area contributed by atoms with E-state index in [-0.39, 0.29) is 0 Å². The molecule has 0 saturated heterocycles. The van der Waals surface area contributed by atoms with Crippen LogP contribution in [0.4, 0.5) is 4.79 Å². The van der Waals surface area contributed by atoms with Crippen LogP contribution in [0.15, 0.2) is 24.3 Å². The lowest BCUT2D eigenvalue weighted by molar-refractivity contribution is -0.111. The molecule has 0 spiro atoms. The Kier molecular flexibility index (Phi) is 6.36. The number of hydrogen-bond donors (Lipinski definition) is 1. The van der Waals surface area contributed by atoms with E-state index in [9.17, 15) is 9.59 Å². The van der Waals surface area contributed by atoms with Crippen molar-refractivity contribution in [1.82, 2.24) is 5.32 Å². The van der Waals surface area contributed by atoms with E-state index in [1.54, 1.807) is 31.2 Å². The van der Waals surface area contributed by atoms with Gasteiger partial charge in [0, 0.05) is 11.6 Å². The Labute approximate surface area is 118 Å². The van der Waals surface area contributed by atoms with Gasteiger partial charge >= 0.3 is 6.09 Å². The molecule has 0 radical (unpaired) electrons. The van der Waals surface area contributed by atoms with Crippen LogP contribution < -0.4 is 5.32 Å². The number of benzene rings is 1. The number of alkyl carbamates (subject to hydrolysis) is 1. The van der Waals surface area contributed by atoms with Crippen LogP contribution in [-0.4, -0.2) is 25.0 Å². The lowest BCUT2D eigenvalue weighted by atomic mass is 9.96. The summed E-state index contributed by atoms with van der Waals surface area (Å²) in [5, 5.41) is 3.09. The van der Waals surface area contributed by atoms with Gasteiger partial charge in [-0.1, -0.05) is 36.7 Å². The highest BCUT2D eigenvalue weighted by molar-refractivity contribution is 6.31. The summed E-state index contributed by atoms with van der Waals surface area (Å²) in [6, 6.07) is 7.04. The Balaban J connectivity index is 2.72. The fourth-order valence-electron chi connectivity index (χ4n) is 1.69. The van der Waals surface area contributed by atoms with Gasteiger partial charge in [-0.2, -0.15) is 0 Å². The number of hydrogen-bond acceptors (Lipinski definition) is 3. The van der Waals surface area contributed by atoms with Gasteiger partial charge in [-0.05, 0) is 25.0 Å². The number of amides is 1.